The van der Waals surface area contributed by atoms with E-state index in [1.165, 1.54) is 38.5 Å². The summed E-state index contributed by atoms with van der Waals surface area (Å²) in [4.78, 5) is 17.6. The van der Waals surface area contributed by atoms with Crippen LogP contribution in [0.5, 0.6) is 0 Å². The summed E-state index contributed by atoms with van der Waals surface area (Å²) < 4.78 is 0. The van der Waals surface area contributed by atoms with Crippen molar-refractivity contribution < 1.29 is 4.79 Å². The average molecular weight is 293 g/mol. The van der Waals surface area contributed by atoms with Crippen LogP contribution in [0, 0.1) is 11.8 Å². The molecule has 4 nitrogen and oxygen atoms in total. The quantitative estimate of drug-likeness (QED) is 0.864. The zero-order chi connectivity index (χ0) is 14.7. The van der Waals surface area contributed by atoms with Gasteiger partial charge in [-0.3, -0.25) is 9.69 Å². The van der Waals surface area contributed by atoms with Gasteiger partial charge in [-0.2, -0.15) is 0 Å². The number of nitrogens with zero attached hydrogens (tertiary/aromatic N) is 2. The molecular weight excluding hydrogens is 262 g/mol. The fraction of sp³-hybridized carbons (Fsp3) is 0.941. The monoisotopic (exact) mass is 293 g/mol. The molecule has 3 aliphatic rings. The highest BCUT2D eigenvalue weighted by Gasteiger charge is 2.35. The lowest BCUT2D eigenvalue weighted by Crippen LogP contribution is -2.53. The molecule has 2 unspecified atom stereocenters. The van der Waals surface area contributed by atoms with Crippen LogP contribution in [0.1, 0.15) is 51.4 Å². The van der Waals surface area contributed by atoms with Crippen molar-refractivity contribution in [3.05, 3.63) is 0 Å². The Labute approximate surface area is 129 Å². The summed E-state index contributed by atoms with van der Waals surface area (Å²) in [5.74, 6) is 1.04. The van der Waals surface area contributed by atoms with Crippen LogP contribution < -0.4 is 5.73 Å². The summed E-state index contributed by atoms with van der Waals surface area (Å²) in [6, 6.07) is 0.800. The molecule has 3 rings (SSSR count). The maximum atomic E-state index is 12.8. The third-order valence-corrected chi connectivity index (χ3v) is 6.00. The van der Waals surface area contributed by atoms with Gasteiger partial charge >= 0.3 is 0 Å². The van der Waals surface area contributed by atoms with E-state index >= 15 is 0 Å². The molecule has 2 saturated carbocycles. The maximum absolute atomic E-state index is 12.8. The summed E-state index contributed by atoms with van der Waals surface area (Å²) in [7, 11) is 0. The van der Waals surface area contributed by atoms with Crippen LogP contribution in [-0.4, -0.2) is 54.5 Å². The molecule has 2 N–H and O–H groups in total. The molecule has 1 aliphatic heterocycles. The van der Waals surface area contributed by atoms with Crippen molar-refractivity contribution >= 4 is 5.91 Å². The first-order valence-corrected chi connectivity index (χ1v) is 9.02. The molecule has 3 fully saturated rings. The van der Waals surface area contributed by atoms with Crippen LogP contribution in [0.4, 0.5) is 0 Å². The smallest absolute Gasteiger partial charge is 0.226 e. The largest absolute Gasteiger partial charge is 0.340 e. The molecule has 0 bridgehead atoms. The van der Waals surface area contributed by atoms with E-state index in [-0.39, 0.29) is 5.92 Å². The molecule has 0 aromatic rings. The number of rotatable bonds is 3. The average Bonchev–Trinajstić information content (AvgIpc) is 3.09. The van der Waals surface area contributed by atoms with Gasteiger partial charge in [-0.15, -0.1) is 0 Å². The number of carbonyl (C=O) groups excluding carboxylic acids is 1. The molecule has 0 radical (unpaired) electrons. The summed E-state index contributed by atoms with van der Waals surface area (Å²) in [6.07, 6.45) is 10.2. The molecule has 1 saturated heterocycles. The Morgan fingerprint density at radius 3 is 2.19 bits per heavy atom. The predicted molar refractivity (Wildman–Crippen MR) is 84.9 cm³/mol. The molecule has 0 spiro atoms. The maximum Gasteiger partial charge on any atom is 0.226 e. The number of nitrogens with two attached hydrogens (primary N) is 1. The molecule has 1 amide bonds. The molecule has 2 aliphatic carbocycles. The first-order chi connectivity index (χ1) is 10.3. The van der Waals surface area contributed by atoms with Gasteiger partial charge in [-0.25, -0.2) is 0 Å². The minimum absolute atomic E-state index is 0.210. The SMILES string of the molecule is NCC1CCCCC1C(=O)N1CCN(C2CCCC2)CC1. The number of amides is 1. The highest BCUT2D eigenvalue weighted by Crippen LogP contribution is 2.31. The lowest BCUT2D eigenvalue weighted by molar-refractivity contribution is -0.140. The minimum atomic E-state index is 0.210. The van der Waals surface area contributed by atoms with Gasteiger partial charge in [0.05, 0.1) is 0 Å². The van der Waals surface area contributed by atoms with E-state index in [1.807, 2.05) is 0 Å². The van der Waals surface area contributed by atoms with Gasteiger partial charge in [0.1, 0.15) is 0 Å². The van der Waals surface area contributed by atoms with Crippen LogP contribution in [0.25, 0.3) is 0 Å². The predicted octanol–water partition coefficient (Wildman–Crippen LogP) is 1.84. The van der Waals surface area contributed by atoms with E-state index in [0.717, 1.165) is 45.1 Å². The van der Waals surface area contributed by atoms with Gasteiger partial charge in [0, 0.05) is 38.1 Å². The van der Waals surface area contributed by atoms with E-state index in [9.17, 15) is 4.79 Å². The fourth-order valence-electron chi connectivity index (χ4n) is 4.63. The highest BCUT2D eigenvalue weighted by molar-refractivity contribution is 5.79. The molecular formula is C17H31N3O. The molecule has 4 heteroatoms. The van der Waals surface area contributed by atoms with Crippen LogP contribution in [0.3, 0.4) is 0 Å². The van der Waals surface area contributed by atoms with Crippen molar-refractivity contribution in [2.24, 2.45) is 17.6 Å². The summed E-state index contributed by atoms with van der Waals surface area (Å²) in [5, 5.41) is 0. The molecule has 2 atom stereocenters. The summed E-state index contributed by atoms with van der Waals surface area (Å²) in [6.45, 7) is 4.71. The van der Waals surface area contributed by atoms with E-state index in [1.54, 1.807) is 0 Å². The van der Waals surface area contributed by atoms with Crippen molar-refractivity contribution in [3.63, 3.8) is 0 Å². The van der Waals surface area contributed by atoms with Gasteiger partial charge in [0.2, 0.25) is 5.91 Å². The van der Waals surface area contributed by atoms with Crippen LogP contribution in [0.2, 0.25) is 0 Å². The highest BCUT2D eigenvalue weighted by atomic mass is 16.2. The lowest BCUT2D eigenvalue weighted by atomic mass is 9.78. The Balaban J connectivity index is 1.52. The summed E-state index contributed by atoms with van der Waals surface area (Å²) >= 11 is 0. The Bertz CT molecular complexity index is 346. The van der Waals surface area contributed by atoms with Gasteiger partial charge < -0.3 is 10.6 Å². The first kappa shape index (κ1) is 15.3. The number of piperazine rings is 1. The van der Waals surface area contributed by atoms with Gasteiger partial charge in [-0.05, 0) is 38.1 Å². The third kappa shape index (κ3) is 3.42. The van der Waals surface area contributed by atoms with Crippen molar-refractivity contribution in [1.82, 2.24) is 9.80 Å². The molecule has 1 heterocycles. The number of carbonyl (C=O) groups is 1. The van der Waals surface area contributed by atoms with Gasteiger partial charge in [0.25, 0.3) is 0 Å². The van der Waals surface area contributed by atoms with E-state index in [4.69, 9.17) is 5.73 Å². The zero-order valence-corrected chi connectivity index (χ0v) is 13.3. The van der Waals surface area contributed by atoms with Crippen molar-refractivity contribution in [2.75, 3.05) is 32.7 Å². The normalized spacial score (nSPS) is 32.5. The second-order valence-electron chi connectivity index (χ2n) is 7.19. The topological polar surface area (TPSA) is 49.6 Å². The molecule has 0 aromatic carbocycles. The van der Waals surface area contributed by atoms with Crippen molar-refractivity contribution in [2.45, 2.75) is 57.4 Å². The molecule has 21 heavy (non-hydrogen) atoms. The van der Waals surface area contributed by atoms with Crippen LogP contribution in [0.15, 0.2) is 0 Å². The fourth-order valence-corrected chi connectivity index (χ4v) is 4.63. The minimum Gasteiger partial charge on any atom is -0.340 e. The lowest BCUT2D eigenvalue weighted by Gasteiger charge is -2.41. The van der Waals surface area contributed by atoms with Crippen molar-refractivity contribution in [3.8, 4) is 0 Å². The Morgan fingerprint density at radius 1 is 0.905 bits per heavy atom. The van der Waals surface area contributed by atoms with E-state index < -0.39 is 0 Å². The van der Waals surface area contributed by atoms with Gasteiger partial charge in [-0.1, -0.05) is 25.7 Å². The van der Waals surface area contributed by atoms with E-state index in [2.05, 4.69) is 9.80 Å². The van der Waals surface area contributed by atoms with E-state index in [0.29, 0.717) is 18.4 Å². The molecule has 120 valence electrons. The zero-order valence-electron chi connectivity index (χ0n) is 13.3. The van der Waals surface area contributed by atoms with Crippen LogP contribution >= 0.6 is 0 Å². The first-order valence-electron chi connectivity index (χ1n) is 9.02. The molecule has 0 aromatic heterocycles. The Kier molecular flexibility index (Phi) is 5.17. The van der Waals surface area contributed by atoms with Crippen LogP contribution in [-0.2, 0) is 4.79 Å². The number of hydrogen-bond donors (Lipinski definition) is 1. The second-order valence-corrected chi connectivity index (χ2v) is 7.19. The Morgan fingerprint density at radius 2 is 1.52 bits per heavy atom. The summed E-state index contributed by atoms with van der Waals surface area (Å²) in [5.41, 5.74) is 5.89. The van der Waals surface area contributed by atoms with Gasteiger partial charge in [0.15, 0.2) is 0 Å². The standard InChI is InChI=1S/C17H31N3O/c18-13-14-5-1-4-8-16(14)17(21)20-11-9-19(10-12-20)15-6-2-3-7-15/h14-16H,1-13,18H2. The second kappa shape index (κ2) is 7.10. The third-order valence-electron chi connectivity index (χ3n) is 6.00. The Hall–Kier alpha value is -0.610. The number of hydrogen-bond acceptors (Lipinski definition) is 3. The van der Waals surface area contributed by atoms with Crippen molar-refractivity contribution in [1.29, 1.82) is 0 Å².